The molecule has 1 aliphatic rings. The standard InChI is InChI=1S/C28H33ClN2O4S/c29-25-9-7-24(8-10-25)20-36(33,34)21-26-11-12-27(35-26)28(32)30-15-4-16-31-17-13-23(14-18-31)19-22-5-2-1-3-6-22/h1-3,5-12,23H,4,13-21H2,(H,30,32). The van der Waals surface area contributed by atoms with Crippen molar-refractivity contribution < 1.29 is 17.6 Å². The van der Waals surface area contributed by atoms with Crippen molar-refractivity contribution in [1.29, 1.82) is 0 Å². The summed E-state index contributed by atoms with van der Waals surface area (Å²) in [6, 6.07) is 20.5. The Balaban J connectivity index is 1.14. The molecule has 0 aliphatic carbocycles. The van der Waals surface area contributed by atoms with Crippen molar-refractivity contribution in [3.8, 4) is 0 Å². The van der Waals surface area contributed by atoms with Crippen molar-refractivity contribution in [3.63, 3.8) is 0 Å². The van der Waals surface area contributed by atoms with E-state index in [0.29, 0.717) is 17.1 Å². The smallest absolute Gasteiger partial charge is 0.286 e. The van der Waals surface area contributed by atoms with Crippen LogP contribution in [0.2, 0.25) is 5.02 Å². The molecule has 0 unspecified atom stereocenters. The lowest BCUT2D eigenvalue weighted by Crippen LogP contribution is -2.36. The Bertz CT molecular complexity index is 1220. The first-order valence-corrected chi connectivity index (χ1v) is 14.6. The minimum Gasteiger partial charge on any atom is -0.455 e. The average molecular weight is 529 g/mol. The first-order valence-electron chi connectivity index (χ1n) is 12.4. The van der Waals surface area contributed by atoms with Crippen LogP contribution < -0.4 is 5.32 Å². The van der Waals surface area contributed by atoms with Crippen molar-refractivity contribution in [1.82, 2.24) is 10.2 Å². The Kier molecular flexibility index (Phi) is 9.24. The van der Waals surface area contributed by atoms with Crippen LogP contribution >= 0.6 is 11.6 Å². The first-order chi connectivity index (χ1) is 17.4. The van der Waals surface area contributed by atoms with Crippen molar-refractivity contribution in [3.05, 3.63) is 94.4 Å². The SMILES string of the molecule is O=C(NCCCN1CCC(Cc2ccccc2)CC1)c1ccc(CS(=O)(=O)Cc2ccc(Cl)cc2)o1. The van der Waals surface area contributed by atoms with Gasteiger partial charge in [0.1, 0.15) is 11.5 Å². The van der Waals surface area contributed by atoms with Crippen LogP contribution in [0.25, 0.3) is 0 Å². The van der Waals surface area contributed by atoms with E-state index in [-0.39, 0.29) is 28.9 Å². The quantitative estimate of drug-likeness (QED) is 0.349. The molecule has 6 nitrogen and oxygen atoms in total. The number of sulfone groups is 1. The molecule has 0 spiro atoms. The molecule has 0 atom stereocenters. The molecule has 1 aromatic heterocycles. The van der Waals surface area contributed by atoms with Crippen LogP contribution in [-0.4, -0.2) is 45.4 Å². The van der Waals surface area contributed by atoms with E-state index in [2.05, 4.69) is 40.5 Å². The highest BCUT2D eigenvalue weighted by Gasteiger charge is 2.20. The highest BCUT2D eigenvalue weighted by molar-refractivity contribution is 7.89. The van der Waals surface area contributed by atoms with Gasteiger partial charge in [0.15, 0.2) is 15.6 Å². The second kappa shape index (κ2) is 12.6. The van der Waals surface area contributed by atoms with Gasteiger partial charge >= 0.3 is 0 Å². The van der Waals surface area contributed by atoms with E-state index < -0.39 is 9.84 Å². The maximum atomic E-state index is 12.5. The fraction of sp³-hybridized carbons (Fsp3) is 0.393. The molecule has 1 fully saturated rings. The summed E-state index contributed by atoms with van der Waals surface area (Å²) in [7, 11) is -3.44. The monoisotopic (exact) mass is 528 g/mol. The number of furan rings is 1. The molecule has 3 aromatic rings. The summed E-state index contributed by atoms with van der Waals surface area (Å²) in [5.41, 5.74) is 2.07. The van der Waals surface area contributed by atoms with Gasteiger partial charge in [0.2, 0.25) is 0 Å². The predicted molar refractivity (Wildman–Crippen MR) is 143 cm³/mol. The molecule has 2 heterocycles. The third-order valence-corrected chi connectivity index (χ3v) is 8.31. The predicted octanol–water partition coefficient (Wildman–Crippen LogP) is 5.12. The van der Waals surface area contributed by atoms with Gasteiger partial charge in [-0.3, -0.25) is 4.79 Å². The van der Waals surface area contributed by atoms with Gasteiger partial charge in [-0.1, -0.05) is 54.1 Å². The highest BCUT2D eigenvalue weighted by Crippen LogP contribution is 2.22. The van der Waals surface area contributed by atoms with Gasteiger partial charge in [-0.05, 0) is 86.6 Å². The van der Waals surface area contributed by atoms with E-state index in [9.17, 15) is 13.2 Å². The van der Waals surface area contributed by atoms with Crippen molar-refractivity contribution in [2.24, 2.45) is 5.92 Å². The second-order valence-electron chi connectivity index (χ2n) is 9.51. The number of hydrogen-bond acceptors (Lipinski definition) is 5. The maximum Gasteiger partial charge on any atom is 0.286 e. The molecule has 4 rings (SSSR count). The third kappa shape index (κ3) is 8.22. The molecule has 1 saturated heterocycles. The number of piperidine rings is 1. The third-order valence-electron chi connectivity index (χ3n) is 6.56. The van der Waals surface area contributed by atoms with Gasteiger partial charge in [-0.25, -0.2) is 8.42 Å². The molecule has 0 bridgehead atoms. The van der Waals surface area contributed by atoms with E-state index in [1.54, 1.807) is 30.3 Å². The van der Waals surface area contributed by atoms with Gasteiger partial charge in [-0.2, -0.15) is 0 Å². The summed E-state index contributed by atoms with van der Waals surface area (Å²) in [5.74, 6) is 0.435. The summed E-state index contributed by atoms with van der Waals surface area (Å²) >= 11 is 5.86. The number of amides is 1. The number of likely N-dealkylation sites (tertiary alicyclic amines) is 1. The molecule has 0 saturated carbocycles. The summed E-state index contributed by atoms with van der Waals surface area (Å²) in [6.07, 6.45) is 4.42. The van der Waals surface area contributed by atoms with Crippen molar-refractivity contribution in [2.45, 2.75) is 37.2 Å². The van der Waals surface area contributed by atoms with E-state index in [1.165, 1.54) is 24.5 Å². The van der Waals surface area contributed by atoms with Crippen molar-refractivity contribution >= 4 is 27.3 Å². The normalized spacial score (nSPS) is 15.1. The topological polar surface area (TPSA) is 79.6 Å². The molecule has 8 heteroatoms. The Morgan fingerprint density at radius 2 is 1.67 bits per heavy atom. The number of nitrogens with one attached hydrogen (secondary N) is 1. The van der Waals surface area contributed by atoms with Crippen LogP contribution in [0.4, 0.5) is 0 Å². The second-order valence-corrected chi connectivity index (χ2v) is 12.0. The number of rotatable bonds is 11. The van der Waals surface area contributed by atoms with Crippen LogP contribution in [-0.2, 0) is 27.8 Å². The van der Waals surface area contributed by atoms with Crippen LogP contribution in [0, 0.1) is 5.92 Å². The number of hydrogen-bond donors (Lipinski definition) is 1. The van der Waals surface area contributed by atoms with Crippen molar-refractivity contribution in [2.75, 3.05) is 26.2 Å². The lowest BCUT2D eigenvalue weighted by molar-refractivity contribution is 0.0921. The molecule has 0 radical (unpaired) electrons. The Morgan fingerprint density at radius 1 is 0.944 bits per heavy atom. The molecule has 1 aliphatic heterocycles. The van der Waals surface area contributed by atoms with E-state index in [0.717, 1.165) is 38.4 Å². The zero-order chi connectivity index (χ0) is 25.4. The number of benzene rings is 2. The zero-order valence-corrected chi connectivity index (χ0v) is 21.9. The van der Waals surface area contributed by atoms with Gasteiger partial charge in [-0.15, -0.1) is 0 Å². The lowest BCUT2D eigenvalue weighted by Gasteiger charge is -2.32. The largest absolute Gasteiger partial charge is 0.455 e. The fourth-order valence-corrected chi connectivity index (χ4v) is 6.15. The molecule has 1 N–H and O–H groups in total. The molecule has 1 amide bonds. The van der Waals surface area contributed by atoms with E-state index in [1.807, 2.05) is 0 Å². The number of carbonyl (C=O) groups excluding carboxylic acids is 1. The van der Waals surface area contributed by atoms with Crippen LogP contribution in [0.3, 0.4) is 0 Å². The number of carbonyl (C=O) groups is 1. The van der Waals surface area contributed by atoms with Crippen LogP contribution in [0.1, 0.15) is 46.7 Å². The molecule has 192 valence electrons. The molecular formula is C28H33ClN2O4S. The molecular weight excluding hydrogens is 496 g/mol. The summed E-state index contributed by atoms with van der Waals surface area (Å²) in [4.78, 5) is 14.9. The fourth-order valence-electron chi connectivity index (χ4n) is 4.63. The Morgan fingerprint density at radius 3 is 2.39 bits per heavy atom. The van der Waals surface area contributed by atoms with Crippen LogP contribution in [0.15, 0.2) is 71.1 Å². The first kappa shape index (κ1) is 26.5. The minimum atomic E-state index is -3.44. The van der Waals surface area contributed by atoms with Gasteiger partial charge in [0.05, 0.1) is 5.75 Å². The zero-order valence-electron chi connectivity index (χ0n) is 20.4. The Labute approximate surface area is 218 Å². The lowest BCUT2D eigenvalue weighted by atomic mass is 9.90. The number of halogens is 1. The summed E-state index contributed by atoms with van der Waals surface area (Å²) in [5, 5.41) is 3.44. The van der Waals surface area contributed by atoms with Gasteiger partial charge in [0, 0.05) is 11.6 Å². The highest BCUT2D eigenvalue weighted by atomic mass is 35.5. The molecule has 36 heavy (non-hydrogen) atoms. The maximum absolute atomic E-state index is 12.5. The van der Waals surface area contributed by atoms with Gasteiger partial charge < -0.3 is 14.6 Å². The van der Waals surface area contributed by atoms with E-state index in [4.69, 9.17) is 16.0 Å². The number of nitrogens with zero attached hydrogens (tertiary/aromatic N) is 1. The Hall–Kier alpha value is -2.61. The molecule has 2 aromatic carbocycles. The minimum absolute atomic E-state index is 0.115. The van der Waals surface area contributed by atoms with E-state index >= 15 is 0 Å². The summed E-state index contributed by atoms with van der Waals surface area (Å²) in [6.45, 7) is 3.69. The van der Waals surface area contributed by atoms with Crippen LogP contribution in [0.5, 0.6) is 0 Å². The van der Waals surface area contributed by atoms with Gasteiger partial charge in [0.25, 0.3) is 5.91 Å². The summed E-state index contributed by atoms with van der Waals surface area (Å²) < 4.78 is 30.5. The average Bonchev–Trinajstić information content (AvgIpc) is 3.32.